The van der Waals surface area contributed by atoms with Crippen molar-refractivity contribution in [2.45, 2.75) is 219 Å². The van der Waals surface area contributed by atoms with Crippen LogP contribution in [0.1, 0.15) is 213 Å². The number of carbonyl (C=O) groups excluding carboxylic acids is 3. The molecule has 0 aliphatic heterocycles. The second-order valence-corrected chi connectivity index (χ2v) is 17.0. The Balaban J connectivity index is 4.32. The first-order valence-corrected chi connectivity index (χ1v) is 26.7. The van der Waals surface area contributed by atoms with Crippen molar-refractivity contribution in [3.63, 3.8) is 0 Å². The van der Waals surface area contributed by atoms with Crippen LogP contribution in [0.3, 0.4) is 0 Å². The van der Waals surface area contributed by atoms with E-state index in [2.05, 4.69) is 154 Å². The van der Waals surface area contributed by atoms with Gasteiger partial charge in [0, 0.05) is 19.3 Å². The molecular weight excluding hydrogens is 829 g/mol. The fourth-order valence-corrected chi connectivity index (χ4v) is 6.71. The number of rotatable bonds is 46. The van der Waals surface area contributed by atoms with Crippen molar-refractivity contribution in [1.29, 1.82) is 0 Å². The molecule has 6 heteroatoms. The molecule has 0 N–H and O–H groups in total. The minimum atomic E-state index is -0.809. The van der Waals surface area contributed by atoms with Crippen molar-refractivity contribution in [3.8, 4) is 0 Å². The molecule has 0 heterocycles. The topological polar surface area (TPSA) is 78.9 Å². The third kappa shape index (κ3) is 52.4. The van der Waals surface area contributed by atoms with Gasteiger partial charge in [0.05, 0.1) is 0 Å². The van der Waals surface area contributed by atoms with E-state index in [4.69, 9.17) is 14.2 Å². The number of carbonyl (C=O) groups is 3. The van der Waals surface area contributed by atoms with Crippen molar-refractivity contribution < 1.29 is 28.6 Å². The molecule has 0 bridgehead atoms. The monoisotopic (exact) mass is 925 g/mol. The first-order valence-electron chi connectivity index (χ1n) is 26.7. The number of hydrogen-bond acceptors (Lipinski definition) is 6. The first-order chi connectivity index (χ1) is 33.0. The van der Waals surface area contributed by atoms with Gasteiger partial charge in [0.2, 0.25) is 0 Å². The van der Waals surface area contributed by atoms with Gasteiger partial charge >= 0.3 is 17.9 Å². The van der Waals surface area contributed by atoms with Gasteiger partial charge in [0.15, 0.2) is 6.10 Å². The molecule has 0 aliphatic carbocycles. The van der Waals surface area contributed by atoms with E-state index in [0.717, 1.165) is 141 Å². The van der Waals surface area contributed by atoms with Crippen LogP contribution in [0.5, 0.6) is 0 Å². The molecule has 0 amide bonds. The second kappa shape index (κ2) is 54.2. The van der Waals surface area contributed by atoms with E-state index in [1.807, 2.05) is 0 Å². The highest BCUT2D eigenvalue weighted by molar-refractivity contribution is 5.71. The molecule has 0 saturated heterocycles. The molecule has 1 atom stereocenters. The van der Waals surface area contributed by atoms with Crippen molar-refractivity contribution in [3.05, 3.63) is 134 Å². The SMILES string of the molecule is CC/C=C\C/C=C\C/C=C\C/C=C\C/C=C\C/C=C\C/C=C\CCCCCCCC(=O)OCC(COC(=O)CCCCCCCCC)OC(=O)CCCC/C=C\C/C=C\C/C=C\C/C=C\CC. The lowest BCUT2D eigenvalue weighted by molar-refractivity contribution is -0.167. The minimum absolute atomic E-state index is 0.105. The lowest BCUT2D eigenvalue weighted by Crippen LogP contribution is -2.30. The van der Waals surface area contributed by atoms with Crippen LogP contribution in [0.25, 0.3) is 0 Å². The zero-order chi connectivity index (χ0) is 48.6. The van der Waals surface area contributed by atoms with Crippen LogP contribution in [0.2, 0.25) is 0 Å². The van der Waals surface area contributed by atoms with Crippen LogP contribution in [0.4, 0.5) is 0 Å². The van der Waals surface area contributed by atoms with E-state index in [1.54, 1.807) is 0 Å². The van der Waals surface area contributed by atoms with E-state index < -0.39 is 6.10 Å². The molecule has 376 valence electrons. The van der Waals surface area contributed by atoms with Crippen molar-refractivity contribution in [2.75, 3.05) is 13.2 Å². The molecule has 0 radical (unpaired) electrons. The Bertz CT molecular complexity index is 1480. The summed E-state index contributed by atoms with van der Waals surface area (Å²) in [5.74, 6) is -0.983. The molecule has 1 unspecified atom stereocenters. The van der Waals surface area contributed by atoms with Crippen LogP contribution in [0.15, 0.2) is 134 Å². The highest BCUT2D eigenvalue weighted by Gasteiger charge is 2.19. The average Bonchev–Trinajstić information content (AvgIpc) is 3.33. The lowest BCUT2D eigenvalue weighted by atomic mass is 10.1. The zero-order valence-corrected chi connectivity index (χ0v) is 42.9. The van der Waals surface area contributed by atoms with Gasteiger partial charge in [-0.25, -0.2) is 0 Å². The summed E-state index contributed by atoms with van der Waals surface area (Å²) in [4.78, 5) is 37.8. The summed E-state index contributed by atoms with van der Waals surface area (Å²) in [6.07, 6.45) is 76.0. The number of esters is 3. The Hall–Kier alpha value is -4.45. The summed E-state index contributed by atoms with van der Waals surface area (Å²) in [7, 11) is 0. The van der Waals surface area contributed by atoms with Crippen LogP contribution in [-0.4, -0.2) is 37.2 Å². The number of ether oxygens (including phenoxy) is 3. The molecule has 0 aromatic heterocycles. The molecule has 0 fully saturated rings. The predicted molar refractivity (Wildman–Crippen MR) is 288 cm³/mol. The van der Waals surface area contributed by atoms with Gasteiger partial charge in [-0.05, 0) is 116 Å². The normalized spacial score (nSPS) is 13.2. The van der Waals surface area contributed by atoms with Gasteiger partial charge in [0.25, 0.3) is 0 Å². The molecule has 0 saturated carbocycles. The van der Waals surface area contributed by atoms with Gasteiger partial charge in [-0.1, -0.05) is 212 Å². The summed E-state index contributed by atoms with van der Waals surface area (Å²) in [6.45, 7) is 6.29. The van der Waals surface area contributed by atoms with Gasteiger partial charge < -0.3 is 14.2 Å². The molecule has 0 aromatic rings. The Morgan fingerprint density at radius 2 is 0.582 bits per heavy atom. The molecule has 67 heavy (non-hydrogen) atoms. The Morgan fingerprint density at radius 3 is 0.940 bits per heavy atom. The lowest BCUT2D eigenvalue weighted by Gasteiger charge is -2.18. The highest BCUT2D eigenvalue weighted by Crippen LogP contribution is 2.12. The Kier molecular flexibility index (Phi) is 50.6. The van der Waals surface area contributed by atoms with E-state index >= 15 is 0 Å². The highest BCUT2D eigenvalue weighted by atomic mass is 16.6. The smallest absolute Gasteiger partial charge is 0.306 e. The fraction of sp³-hybridized carbons (Fsp3) is 0.590. The van der Waals surface area contributed by atoms with Gasteiger partial charge in [-0.15, -0.1) is 0 Å². The summed E-state index contributed by atoms with van der Waals surface area (Å²) >= 11 is 0. The maximum absolute atomic E-state index is 12.7. The van der Waals surface area contributed by atoms with Crippen LogP contribution >= 0.6 is 0 Å². The van der Waals surface area contributed by atoms with Crippen molar-refractivity contribution >= 4 is 17.9 Å². The third-order valence-electron chi connectivity index (χ3n) is 10.7. The minimum Gasteiger partial charge on any atom is -0.462 e. The van der Waals surface area contributed by atoms with Gasteiger partial charge in [0.1, 0.15) is 13.2 Å². The summed E-state index contributed by atoms with van der Waals surface area (Å²) < 4.78 is 16.7. The van der Waals surface area contributed by atoms with Gasteiger partial charge in [-0.2, -0.15) is 0 Å². The first kappa shape index (κ1) is 62.5. The standard InChI is InChI=1S/C61H96O6/c1-4-7-10-13-16-18-20-22-24-25-26-27-28-29-30-31-32-33-34-35-37-38-40-42-45-48-51-54-60(63)66-57-58(56-65-59(62)53-50-47-44-15-12-9-6-3)67-61(64)55-52-49-46-43-41-39-36-23-21-19-17-14-11-8-5-2/h7-8,10-11,16-19,22-24,26-27,29-30,32-33,35-37,41,43,58H,4-6,9,12-15,20-21,25,28,31,34,38-40,42,44-57H2,1-3H3/b10-7-,11-8-,18-16-,19-17-,24-22-,27-26-,30-29-,33-32-,36-23-,37-35-,43-41-. The van der Waals surface area contributed by atoms with E-state index in [1.165, 1.54) is 25.7 Å². The van der Waals surface area contributed by atoms with Crippen molar-refractivity contribution in [1.82, 2.24) is 0 Å². The summed E-state index contributed by atoms with van der Waals surface area (Å²) in [5.41, 5.74) is 0. The predicted octanol–water partition coefficient (Wildman–Crippen LogP) is 17.9. The average molecular weight is 925 g/mol. The van der Waals surface area contributed by atoms with Crippen LogP contribution < -0.4 is 0 Å². The maximum Gasteiger partial charge on any atom is 0.306 e. The molecule has 6 nitrogen and oxygen atoms in total. The van der Waals surface area contributed by atoms with E-state index in [0.29, 0.717) is 19.3 Å². The van der Waals surface area contributed by atoms with Gasteiger partial charge in [-0.3, -0.25) is 14.4 Å². The third-order valence-corrected chi connectivity index (χ3v) is 10.7. The molecule has 0 spiro atoms. The van der Waals surface area contributed by atoms with Crippen LogP contribution in [0, 0.1) is 0 Å². The quantitative estimate of drug-likeness (QED) is 0.0262. The number of unbranched alkanes of at least 4 members (excludes halogenated alkanes) is 13. The van der Waals surface area contributed by atoms with Crippen molar-refractivity contribution in [2.24, 2.45) is 0 Å². The Labute approximate surface area is 411 Å². The number of hydrogen-bond donors (Lipinski definition) is 0. The zero-order valence-electron chi connectivity index (χ0n) is 42.9. The second-order valence-electron chi connectivity index (χ2n) is 17.0. The maximum atomic E-state index is 12.7. The molecule has 0 rings (SSSR count). The molecule has 0 aromatic carbocycles. The fourth-order valence-electron chi connectivity index (χ4n) is 6.71. The van der Waals surface area contributed by atoms with Crippen LogP contribution in [-0.2, 0) is 28.6 Å². The van der Waals surface area contributed by atoms with E-state index in [-0.39, 0.29) is 37.5 Å². The molecule has 0 aliphatic rings. The number of allylic oxidation sites excluding steroid dienone is 22. The largest absolute Gasteiger partial charge is 0.462 e. The Morgan fingerprint density at radius 1 is 0.313 bits per heavy atom. The van der Waals surface area contributed by atoms with E-state index in [9.17, 15) is 14.4 Å². The molecular formula is C61H96O6. The summed E-state index contributed by atoms with van der Waals surface area (Å²) in [5, 5.41) is 0. The summed E-state index contributed by atoms with van der Waals surface area (Å²) in [6, 6.07) is 0.